The van der Waals surface area contributed by atoms with Crippen LogP contribution in [0.3, 0.4) is 0 Å². The number of hydrogen-bond acceptors (Lipinski definition) is 2. The van der Waals surface area contributed by atoms with E-state index in [-0.39, 0.29) is 0 Å². The van der Waals surface area contributed by atoms with Crippen molar-refractivity contribution in [1.29, 1.82) is 0 Å². The second-order valence-electron chi connectivity index (χ2n) is 2.77. The summed E-state index contributed by atoms with van der Waals surface area (Å²) in [5.41, 5.74) is 1.95. The van der Waals surface area contributed by atoms with Crippen LogP contribution in [0.4, 0.5) is 0 Å². The number of ether oxygens (including phenoxy) is 1. The lowest BCUT2D eigenvalue weighted by Crippen LogP contribution is -1.87. The number of nitrogens with zero attached hydrogens (tertiary/aromatic N) is 2. The predicted octanol–water partition coefficient (Wildman–Crippen LogP) is 2.34. The first-order valence-electron chi connectivity index (χ1n) is 3.89. The van der Waals surface area contributed by atoms with Gasteiger partial charge in [-0.05, 0) is 28.1 Å². The second-order valence-corrected chi connectivity index (χ2v) is 3.48. The number of fused-ring (bicyclic) bond motifs is 1. The minimum atomic E-state index is 0.804. The average molecular weight is 241 g/mol. The zero-order valence-corrected chi connectivity index (χ0v) is 9.00. The molecular formula is C9H9BrN2O. The zero-order chi connectivity index (χ0) is 9.42. The highest BCUT2D eigenvalue weighted by atomic mass is 79.9. The highest BCUT2D eigenvalue weighted by Gasteiger charge is 2.08. The van der Waals surface area contributed by atoms with Crippen LogP contribution in [0, 0.1) is 0 Å². The van der Waals surface area contributed by atoms with Crippen LogP contribution in [0.5, 0.6) is 5.75 Å². The molecule has 2 aromatic rings. The molecule has 0 atom stereocenters. The van der Waals surface area contributed by atoms with Crippen molar-refractivity contribution in [1.82, 2.24) is 9.55 Å². The van der Waals surface area contributed by atoms with Gasteiger partial charge in [-0.1, -0.05) is 6.07 Å². The molecule has 1 aromatic heterocycles. The molecule has 3 nitrogen and oxygen atoms in total. The smallest absolute Gasteiger partial charge is 0.178 e. The van der Waals surface area contributed by atoms with Crippen LogP contribution in [0.15, 0.2) is 22.9 Å². The lowest BCUT2D eigenvalue weighted by atomic mass is 10.3. The van der Waals surface area contributed by atoms with Crippen LogP contribution in [0.2, 0.25) is 0 Å². The Morgan fingerprint density at radius 3 is 2.92 bits per heavy atom. The summed E-state index contributed by atoms with van der Waals surface area (Å²) in [5, 5.41) is 0. The molecule has 0 N–H and O–H groups in total. The fourth-order valence-corrected chi connectivity index (χ4v) is 1.69. The molecule has 0 spiro atoms. The van der Waals surface area contributed by atoms with Crippen molar-refractivity contribution in [3.05, 3.63) is 22.9 Å². The van der Waals surface area contributed by atoms with E-state index in [0.717, 1.165) is 21.5 Å². The molecule has 0 unspecified atom stereocenters. The number of para-hydroxylation sites is 1. The number of hydrogen-bond donors (Lipinski definition) is 0. The van der Waals surface area contributed by atoms with E-state index in [1.807, 2.05) is 29.8 Å². The van der Waals surface area contributed by atoms with Gasteiger partial charge in [-0.15, -0.1) is 0 Å². The lowest BCUT2D eigenvalue weighted by molar-refractivity contribution is 0.419. The largest absolute Gasteiger partial charge is 0.494 e. The third-order valence-corrected chi connectivity index (χ3v) is 2.75. The van der Waals surface area contributed by atoms with Crippen LogP contribution in [-0.4, -0.2) is 16.7 Å². The molecule has 0 bridgehead atoms. The van der Waals surface area contributed by atoms with Crippen molar-refractivity contribution in [3.8, 4) is 5.75 Å². The molecule has 0 aliphatic carbocycles. The Bertz CT molecular complexity index is 450. The molecule has 68 valence electrons. The van der Waals surface area contributed by atoms with Gasteiger partial charge in [0.25, 0.3) is 0 Å². The molecule has 4 heteroatoms. The summed E-state index contributed by atoms with van der Waals surface area (Å²) in [6, 6.07) is 5.87. The number of aryl methyl sites for hydroxylation is 1. The first-order valence-corrected chi connectivity index (χ1v) is 4.68. The van der Waals surface area contributed by atoms with Crippen molar-refractivity contribution in [2.24, 2.45) is 7.05 Å². The number of halogens is 1. The Morgan fingerprint density at radius 1 is 1.46 bits per heavy atom. The van der Waals surface area contributed by atoms with Gasteiger partial charge in [0.05, 0.1) is 12.6 Å². The fraction of sp³-hybridized carbons (Fsp3) is 0.222. The number of benzene rings is 1. The highest BCUT2D eigenvalue weighted by molar-refractivity contribution is 9.10. The molecule has 0 fully saturated rings. The Kier molecular flexibility index (Phi) is 2.00. The maximum Gasteiger partial charge on any atom is 0.178 e. The van der Waals surface area contributed by atoms with Crippen molar-refractivity contribution >= 4 is 27.0 Å². The Labute approximate surface area is 84.5 Å². The summed E-state index contributed by atoms with van der Waals surface area (Å²) in [7, 11) is 3.61. The van der Waals surface area contributed by atoms with Gasteiger partial charge in [0.2, 0.25) is 0 Å². The van der Waals surface area contributed by atoms with E-state index in [1.165, 1.54) is 0 Å². The minimum Gasteiger partial charge on any atom is -0.494 e. The number of rotatable bonds is 1. The molecule has 0 aliphatic rings. The normalized spacial score (nSPS) is 10.7. The average Bonchev–Trinajstić information content (AvgIpc) is 2.43. The van der Waals surface area contributed by atoms with E-state index in [9.17, 15) is 0 Å². The standard InChI is InChI=1S/C9H9BrN2O/c1-12-6-4-3-5-7(13-2)8(6)11-9(12)10/h3-5H,1-2H3. The van der Waals surface area contributed by atoms with Gasteiger partial charge in [-0.25, -0.2) is 4.98 Å². The molecule has 0 radical (unpaired) electrons. The molecule has 1 heterocycles. The van der Waals surface area contributed by atoms with E-state index in [4.69, 9.17) is 4.74 Å². The number of methoxy groups -OCH3 is 1. The second kappa shape index (κ2) is 3.03. The molecule has 0 aliphatic heterocycles. The third-order valence-electron chi connectivity index (χ3n) is 2.04. The van der Waals surface area contributed by atoms with E-state index in [2.05, 4.69) is 20.9 Å². The minimum absolute atomic E-state index is 0.804. The van der Waals surface area contributed by atoms with Gasteiger partial charge in [-0.3, -0.25) is 0 Å². The number of imidazole rings is 1. The van der Waals surface area contributed by atoms with Gasteiger partial charge < -0.3 is 9.30 Å². The van der Waals surface area contributed by atoms with Crippen LogP contribution in [0.1, 0.15) is 0 Å². The fourth-order valence-electron chi connectivity index (χ4n) is 1.33. The monoisotopic (exact) mass is 240 g/mol. The van der Waals surface area contributed by atoms with E-state index < -0.39 is 0 Å². The summed E-state index contributed by atoms with van der Waals surface area (Å²) in [6.07, 6.45) is 0. The maximum absolute atomic E-state index is 5.20. The molecule has 0 saturated heterocycles. The van der Waals surface area contributed by atoms with E-state index in [0.29, 0.717) is 0 Å². The summed E-state index contributed by atoms with van der Waals surface area (Å²) in [4.78, 5) is 4.34. The SMILES string of the molecule is COc1cccc2c1nc(Br)n2C. The number of aromatic nitrogens is 2. The summed E-state index contributed by atoms with van der Waals surface area (Å²) < 4.78 is 7.98. The van der Waals surface area contributed by atoms with E-state index in [1.54, 1.807) is 7.11 Å². The Hall–Kier alpha value is -1.03. The van der Waals surface area contributed by atoms with Gasteiger partial charge in [0.1, 0.15) is 11.3 Å². The van der Waals surface area contributed by atoms with Crippen LogP contribution in [0.25, 0.3) is 11.0 Å². The quantitative estimate of drug-likeness (QED) is 0.766. The van der Waals surface area contributed by atoms with Crippen LogP contribution >= 0.6 is 15.9 Å². The molecule has 2 rings (SSSR count). The summed E-state index contributed by atoms with van der Waals surface area (Å²) in [5.74, 6) is 0.804. The maximum atomic E-state index is 5.20. The third kappa shape index (κ3) is 1.21. The van der Waals surface area contributed by atoms with E-state index >= 15 is 0 Å². The summed E-state index contributed by atoms with van der Waals surface area (Å²) in [6.45, 7) is 0. The Balaban J connectivity index is 2.84. The van der Waals surface area contributed by atoms with Crippen molar-refractivity contribution in [2.75, 3.05) is 7.11 Å². The first kappa shape index (κ1) is 8.56. The van der Waals surface area contributed by atoms with Crippen LogP contribution < -0.4 is 4.74 Å². The van der Waals surface area contributed by atoms with Crippen molar-refractivity contribution in [2.45, 2.75) is 0 Å². The van der Waals surface area contributed by atoms with Crippen molar-refractivity contribution < 1.29 is 4.74 Å². The van der Waals surface area contributed by atoms with Crippen molar-refractivity contribution in [3.63, 3.8) is 0 Å². The molecule has 0 saturated carbocycles. The molecule has 13 heavy (non-hydrogen) atoms. The first-order chi connectivity index (χ1) is 6.24. The van der Waals surface area contributed by atoms with Gasteiger partial charge in [0, 0.05) is 7.05 Å². The van der Waals surface area contributed by atoms with Gasteiger partial charge in [-0.2, -0.15) is 0 Å². The highest BCUT2D eigenvalue weighted by Crippen LogP contribution is 2.26. The molecular weight excluding hydrogens is 232 g/mol. The van der Waals surface area contributed by atoms with Gasteiger partial charge >= 0.3 is 0 Å². The zero-order valence-electron chi connectivity index (χ0n) is 7.41. The topological polar surface area (TPSA) is 27.1 Å². The van der Waals surface area contributed by atoms with Crippen LogP contribution in [-0.2, 0) is 7.05 Å². The predicted molar refractivity (Wildman–Crippen MR) is 55.0 cm³/mol. The summed E-state index contributed by atoms with van der Waals surface area (Å²) >= 11 is 3.37. The Morgan fingerprint density at radius 2 is 2.23 bits per heavy atom. The molecule has 1 aromatic carbocycles. The van der Waals surface area contributed by atoms with Gasteiger partial charge in [0.15, 0.2) is 4.73 Å². The molecule has 0 amide bonds. The lowest BCUT2D eigenvalue weighted by Gasteiger charge is -1.99.